The van der Waals surface area contributed by atoms with Crippen LogP contribution < -0.4 is 16.4 Å². The van der Waals surface area contributed by atoms with Crippen molar-refractivity contribution in [2.24, 2.45) is 5.73 Å². The Balaban J connectivity index is 1.82. The summed E-state index contributed by atoms with van der Waals surface area (Å²) in [5.41, 5.74) is 10.00. The Kier molecular flexibility index (Phi) is 4.21. The van der Waals surface area contributed by atoms with Crippen molar-refractivity contribution in [1.29, 1.82) is 5.26 Å². The van der Waals surface area contributed by atoms with Crippen LogP contribution in [0.2, 0.25) is 0 Å². The number of benzene rings is 1. The topological polar surface area (TPSA) is 120 Å². The van der Waals surface area contributed by atoms with Crippen LogP contribution in [0.15, 0.2) is 24.4 Å². The van der Waals surface area contributed by atoms with Crippen molar-refractivity contribution in [3.63, 3.8) is 0 Å². The molecule has 0 aliphatic heterocycles. The first-order valence-electron chi connectivity index (χ1n) is 9.13. The van der Waals surface area contributed by atoms with Crippen molar-refractivity contribution in [2.45, 2.75) is 44.8 Å². The zero-order valence-electron chi connectivity index (χ0n) is 15.3. The van der Waals surface area contributed by atoms with E-state index in [4.69, 9.17) is 11.0 Å². The number of aromatic amines is 1. The van der Waals surface area contributed by atoms with Gasteiger partial charge in [-0.1, -0.05) is 0 Å². The summed E-state index contributed by atoms with van der Waals surface area (Å²) in [4.78, 5) is 20.7. The molecule has 1 amide bonds. The fraction of sp³-hybridized carbons (Fsp3) is 0.350. The second-order valence-electron chi connectivity index (χ2n) is 7.47. The maximum Gasteiger partial charge on any atom is 0.255 e. The third-order valence-electron chi connectivity index (χ3n) is 4.93. The Morgan fingerprint density at radius 3 is 2.85 bits per heavy atom. The lowest BCUT2D eigenvalue weighted by molar-refractivity contribution is 0.0911. The molecule has 7 nitrogen and oxygen atoms in total. The number of carbonyl (C=O) groups is 1. The minimum atomic E-state index is -0.152. The van der Waals surface area contributed by atoms with Crippen molar-refractivity contribution < 1.29 is 4.79 Å². The molecule has 1 saturated carbocycles. The first-order valence-corrected chi connectivity index (χ1v) is 9.13. The molecular formula is C20H22N6O. The number of nitrogens with zero attached hydrogens (tertiary/aromatic N) is 2. The van der Waals surface area contributed by atoms with E-state index in [1.165, 1.54) is 0 Å². The molecule has 4 rings (SSSR count). The molecule has 3 aromatic rings. The predicted octanol–water partition coefficient (Wildman–Crippen LogP) is 2.63. The van der Waals surface area contributed by atoms with Crippen molar-refractivity contribution in [1.82, 2.24) is 15.3 Å². The number of H-pyrrole nitrogens is 1. The summed E-state index contributed by atoms with van der Waals surface area (Å²) < 4.78 is 0. The third kappa shape index (κ3) is 3.09. The lowest BCUT2D eigenvalue weighted by Gasteiger charge is -2.33. The summed E-state index contributed by atoms with van der Waals surface area (Å²) in [7, 11) is 0. The van der Waals surface area contributed by atoms with Gasteiger partial charge in [0.15, 0.2) is 0 Å². The summed E-state index contributed by atoms with van der Waals surface area (Å²) in [6.07, 6.45) is 3.22. The monoisotopic (exact) mass is 362 g/mol. The molecule has 7 heteroatoms. The minimum absolute atomic E-state index is 0.121. The molecule has 1 fully saturated rings. The van der Waals surface area contributed by atoms with E-state index in [0.717, 1.165) is 40.5 Å². The van der Waals surface area contributed by atoms with Crippen LogP contribution in [0.5, 0.6) is 0 Å². The molecule has 0 saturated heterocycles. The summed E-state index contributed by atoms with van der Waals surface area (Å²) >= 11 is 0. The van der Waals surface area contributed by atoms with Crippen molar-refractivity contribution in [3.8, 4) is 6.07 Å². The zero-order valence-corrected chi connectivity index (χ0v) is 15.3. The molecule has 0 atom stereocenters. The first-order chi connectivity index (χ1) is 13.0. The van der Waals surface area contributed by atoms with Crippen LogP contribution in [0, 0.1) is 11.3 Å². The molecule has 2 aromatic heterocycles. The quantitative estimate of drug-likeness (QED) is 0.569. The van der Waals surface area contributed by atoms with Gasteiger partial charge < -0.3 is 21.4 Å². The van der Waals surface area contributed by atoms with E-state index in [1.807, 2.05) is 19.9 Å². The summed E-state index contributed by atoms with van der Waals surface area (Å²) in [6, 6.07) is 8.03. The summed E-state index contributed by atoms with van der Waals surface area (Å²) in [5, 5.41) is 16.5. The Morgan fingerprint density at radius 1 is 1.41 bits per heavy atom. The minimum Gasteiger partial charge on any atom is -0.380 e. The number of pyridine rings is 1. The Labute approximate surface area is 156 Å². The first kappa shape index (κ1) is 17.3. The largest absolute Gasteiger partial charge is 0.380 e. The SMILES string of the molecule is CC(C)Nc1c(C(=O)N[C@H]2C[C@H](N)C2)cnc2c1[nH]c1cc(C#N)ccc12. The number of nitriles is 1. The lowest BCUT2D eigenvalue weighted by Crippen LogP contribution is -2.50. The van der Waals surface area contributed by atoms with Crippen molar-refractivity contribution in [2.75, 3.05) is 5.32 Å². The Hall–Kier alpha value is -3.11. The number of rotatable bonds is 4. The molecule has 0 radical (unpaired) electrons. The summed E-state index contributed by atoms with van der Waals surface area (Å²) in [6.45, 7) is 4.05. The molecule has 1 aromatic carbocycles. The lowest BCUT2D eigenvalue weighted by atomic mass is 9.87. The highest BCUT2D eigenvalue weighted by molar-refractivity contribution is 6.14. The van der Waals surface area contributed by atoms with E-state index >= 15 is 0 Å². The number of carbonyl (C=O) groups excluding carboxylic acids is 1. The van der Waals surface area contributed by atoms with Crippen LogP contribution >= 0.6 is 0 Å². The van der Waals surface area contributed by atoms with Gasteiger partial charge in [-0.05, 0) is 44.9 Å². The van der Waals surface area contributed by atoms with Gasteiger partial charge in [0.1, 0.15) is 0 Å². The van der Waals surface area contributed by atoms with Crippen molar-refractivity contribution >= 4 is 33.5 Å². The average molecular weight is 362 g/mol. The van der Waals surface area contributed by atoms with Crippen LogP contribution in [-0.4, -0.2) is 34.0 Å². The molecule has 0 unspecified atom stereocenters. The predicted molar refractivity (Wildman–Crippen MR) is 106 cm³/mol. The van der Waals surface area contributed by atoms with Gasteiger partial charge in [0.05, 0.1) is 33.9 Å². The van der Waals surface area contributed by atoms with E-state index in [0.29, 0.717) is 11.1 Å². The van der Waals surface area contributed by atoms with E-state index in [-0.39, 0.29) is 24.0 Å². The number of nitrogens with one attached hydrogen (secondary N) is 3. The van der Waals surface area contributed by atoms with Crippen molar-refractivity contribution in [3.05, 3.63) is 35.5 Å². The zero-order chi connectivity index (χ0) is 19.1. The molecule has 1 aliphatic rings. The van der Waals surface area contributed by atoms with Crippen LogP contribution in [-0.2, 0) is 0 Å². The maximum atomic E-state index is 12.8. The Bertz CT molecular complexity index is 1070. The van der Waals surface area contributed by atoms with Crippen LogP contribution in [0.3, 0.4) is 0 Å². The molecule has 27 heavy (non-hydrogen) atoms. The van der Waals surface area contributed by atoms with E-state index in [2.05, 4.69) is 26.7 Å². The average Bonchev–Trinajstić information content (AvgIpc) is 2.98. The molecule has 1 aliphatic carbocycles. The Morgan fingerprint density at radius 2 is 2.19 bits per heavy atom. The van der Waals surface area contributed by atoms with Gasteiger partial charge in [0, 0.05) is 35.2 Å². The second-order valence-corrected chi connectivity index (χ2v) is 7.47. The van der Waals surface area contributed by atoms with E-state index in [1.54, 1.807) is 18.3 Å². The fourth-order valence-corrected chi connectivity index (χ4v) is 3.55. The summed E-state index contributed by atoms with van der Waals surface area (Å²) in [5.74, 6) is -0.152. The molecule has 0 spiro atoms. The van der Waals surface area contributed by atoms with Gasteiger partial charge in [-0.2, -0.15) is 5.26 Å². The van der Waals surface area contributed by atoms with Gasteiger partial charge >= 0.3 is 0 Å². The molecular weight excluding hydrogens is 340 g/mol. The van der Waals surface area contributed by atoms with Crippen LogP contribution in [0.4, 0.5) is 5.69 Å². The van der Waals surface area contributed by atoms with Gasteiger partial charge in [-0.15, -0.1) is 0 Å². The van der Waals surface area contributed by atoms with E-state index in [9.17, 15) is 4.79 Å². The fourth-order valence-electron chi connectivity index (χ4n) is 3.55. The highest BCUT2D eigenvalue weighted by Crippen LogP contribution is 2.32. The normalized spacial score (nSPS) is 19.1. The number of aromatic nitrogens is 2. The van der Waals surface area contributed by atoms with Gasteiger partial charge in [-0.25, -0.2) is 0 Å². The molecule has 5 N–H and O–H groups in total. The number of nitrogens with two attached hydrogens (primary N) is 1. The number of hydrogen-bond donors (Lipinski definition) is 4. The van der Waals surface area contributed by atoms with Crippen LogP contribution in [0.1, 0.15) is 42.6 Å². The molecule has 138 valence electrons. The standard InChI is InChI=1S/C20H22N6O/c1-10(2)24-18-15(20(27)25-13-6-12(22)7-13)9-23-17-14-4-3-11(8-21)5-16(14)26-19(17)18/h3-5,9-10,12-13,26H,6-7,22H2,1-2H3,(H,23,24)(H,25,27)/t12-,13-. The smallest absolute Gasteiger partial charge is 0.255 e. The number of fused-ring (bicyclic) bond motifs is 3. The van der Waals surface area contributed by atoms with Crippen LogP contribution in [0.25, 0.3) is 21.9 Å². The number of hydrogen-bond acceptors (Lipinski definition) is 5. The molecule has 2 heterocycles. The van der Waals surface area contributed by atoms with Gasteiger partial charge in [-0.3, -0.25) is 9.78 Å². The van der Waals surface area contributed by atoms with E-state index < -0.39 is 0 Å². The third-order valence-corrected chi connectivity index (χ3v) is 4.93. The highest BCUT2D eigenvalue weighted by atomic mass is 16.1. The maximum absolute atomic E-state index is 12.8. The number of amides is 1. The number of anilines is 1. The second kappa shape index (κ2) is 6.56. The van der Waals surface area contributed by atoms with Gasteiger partial charge in [0.2, 0.25) is 0 Å². The van der Waals surface area contributed by atoms with Gasteiger partial charge in [0.25, 0.3) is 5.91 Å². The highest BCUT2D eigenvalue weighted by Gasteiger charge is 2.29. The molecule has 0 bridgehead atoms.